The summed E-state index contributed by atoms with van der Waals surface area (Å²) in [5.74, 6) is 0.395. The Hall–Kier alpha value is -2.99. The molecule has 0 saturated carbocycles. The second-order valence-electron chi connectivity index (χ2n) is 5.53. The highest BCUT2D eigenvalue weighted by Crippen LogP contribution is 2.38. The van der Waals surface area contributed by atoms with Crippen LogP contribution in [0.15, 0.2) is 71.7 Å². The van der Waals surface area contributed by atoms with Crippen LogP contribution in [0.3, 0.4) is 0 Å². The smallest absolute Gasteiger partial charge is 0.416 e. The van der Waals surface area contributed by atoms with Crippen molar-refractivity contribution >= 4 is 23.5 Å². The highest BCUT2D eigenvalue weighted by atomic mass is 35.5. The molecule has 138 valence electrons. The van der Waals surface area contributed by atoms with Gasteiger partial charge in [-0.05, 0) is 42.5 Å². The summed E-state index contributed by atoms with van der Waals surface area (Å²) in [5.41, 5.74) is -0.621. The molecule has 27 heavy (non-hydrogen) atoms. The van der Waals surface area contributed by atoms with E-state index < -0.39 is 11.7 Å². The van der Waals surface area contributed by atoms with Gasteiger partial charge in [-0.25, -0.2) is 0 Å². The molecule has 0 aliphatic carbocycles. The first-order chi connectivity index (χ1) is 12.8. The second-order valence-corrected chi connectivity index (χ2v) is 5.94. The number of hydrogen-bond donors (Lipinski definition) is 1. The molecule has 3 aromatic rings. The molecule has 0 amide bonds. The van der Waals surface area contributed by atoms with Gasteiger partial charge in [0, 0.05) is 11.8 Å². The van der Waals surface area contributed by atoms with Crippen molar-refractivity contribution in [3.63, 3.8) is 0 Å². The van der Waals surface area contributed by atoms with Crippen molar-refractivity contribution in [2.24, 2.45) is 4.99 Å². The first kappa shape index (κ1) is 18.8. The highest BCUT2D eigenvalue weighted by Gasteiger charge is 2.31. The van der Waals surface area contributed by atoms with Crippen molar-refractivity contribution < 1.29 is 23.0 Å². The second kappa shape index (κ2) is 7.72. The summed E-state index contributed by atoms with van der Waals surface area (Å²) in [6.45, 7) is 0. The maximum atomic E-state index is 13.1. The normalized spacial score (nSPS) is 11.7. The molecule has 0 aliphatic rings. The van der Waals surface area contributed by atoms with E-state index in [-0.39, 0.29) is 27.8 Å². The Bertz CT molecular complexity index is 973. The van der Waals surface area contributed by atoms with Crippen LogP contribution >= 0.6 is 11.6 Å². The van der Waals surface area contributed by atoms with Crippen molar-refractivity contribution in [3.05, 3.63) is 82.9 Å². The molecule has 0 aliphatic heterocycles. The molecular formula is C20H13ClF3NO2. The minimum atomic E-state index is -4.52. The first-order valence-electron chi connectivity index (χ1n) is 7.80. The van der Waals surface area contributed by atoms with E-state index in [4.69, 9.17) is 16.3 Å². The maximum Gasteiger partial charge on any atom is 0.416 e. The lowest BCUT2D eigenvalue weighted by molar-refractivity contribution is -0.137. The first-order valence-corrected chi connectivity index (χ1v) is 8.18. The predicted molar refractivity (Wildman–Crippen MR) is 98.3 cm³/mol. The zero-order chi connectivity index (χ0) is 19.4. The lowest BCUT2D eigenvalue weighted by Gasteiger charge is -2.12. The van der Waals surface area contributed by atoms with Crippen LogP contribution in [0.1, 0.15) is 11.1 Å². The van der Waals surface area contributed by atoms with Gasteiger partial charge in [0.2, 0.25) is 0 Å². The molecule has 3 nitrogen and oxygen atoms in total. The molecule has 1 N–H and O–H groups in total. The molecule has 0 heterocycles. The average molecular weight is 392 g/mol. The van der Waals surface area contributed by atoms with Crippen LogP contribution in [0.5, 0.6) is 17.2 Å². The molecular weight excluding hydrogens is 379 g/mol. The summed E-state index contributed by atoms with van der Waals surface area (Å²) in [5, 5.41) is 10.0. The van der Waals surface area contributed by atoms with Crippen molar-refractivity contribution in [1.82, 2.24) is 0 Å². The SMILES string of the molecule is Oc1c(Cl)cccc1C=Nc1cc(C(F)(F)F)ccc1Oc1ccccc1. The lowest BCUT2D eigenvalue weighted by Crippen LogP contribution is -2.04. The van der Waals surface area contributed by atoms with Gasteiger partial charge in [-0.15, -0.1) is 0 Å². The van der Waals surface area contributed by atoms with Gasteiger partial charge in [0.1, 0.15) is 17.2 Å². The van der Waals surface area contributed by atoms with E-state index in [9.17, 15) is 18.3 Å². The molecule has 3 aromatic carbocycles. The highest BCUT2D eigenvalue weighted by molar-refractivity contribution is 6.32. The number of para-hydroxylation sites is 2. The van der Waals surface area contributed by atoms with E-state index in [2.05, 4.69) is 4.99 Å². The summed E-state index contributed by atoms with van der Waals surface area (Å²) < 4.78 is 44.8. The molecule has 0 atom stereocenters. The number of alkyl halides is 3. The zero-order valence-electron chi connectivity index (χ0n) is 13.7. The van der Waals surface area contributed by atoms with E-state index in [1.807, 2.05) is 0 Å². The fourth-order valence-corrected chi connectivity index (χ4v) is 2.45. The van der Waals surface area contributed by atoms with Crippen molar-refractivity contribution in [2.75, 3.05) is 0 Å². The molecule has 0 bridgehead atoms. The van der Waals surface area contributed by atoms with E-state index in [0.29, 0.717) is 5.75 Å². The number of hydrogen-bond acceptors (Lipinski definition) is 3. The minimum absolute atomic E-state index is 0.0342. The number of aliphatic imine (C=N–C) groups is 1. The van der Waals surface area contributed by atoms with Gasteiger partial charge in [-0.3, -0.25) is 4.99 Å². The Labute approximate surface area is 158 Å². The molecule has 0 aromatic heterocycles. The van der Waals surface area contributed by atoms with Crippen LogP contribution in [0.4, 0.5) is 18.9 Å². The number of benzene rings is 3. The third-order valence-corrected chi connectivity index (χ3v) is 3.92. The number of phenolic OH excluding ortho intramolecular Hbond substituents is 1. The number of aromatic hydroxyl groups is 1. The molecule has 0 fully saturated rings. The third kappa shape index (κ3) is 4.60. The van der Waals surface area contributed by atoms with E-state index >= 15 is 0 Å². The lowest BCUT2D eigenvalue weighted by atomic mass is 10.1. The van der Waals surface area contributed by atoms with Gasteiger partial charge in [0.25, 0.3) is 0 Å². The van der Waals surface area contributed by atoms with Crippen LogP contribution in [0.2, 0.25) is 5.02 Å². The number of ether oxygens (including phenoxy) is 1. The molecule has 3 rings (SSSR count). The van der Waals surface area contributed by atoms with Gasteiger partial charge in [-0.1, -0.05) is 35.9 Å². The number of phenols is 1. The van der Waals surface area contributed by atoms with Crippen molar-refractivity contribution in [1.29, 1.82) is 0 Å². The number of rotatable bonds is 4. The van der Waals surface area contributed by atoms with Gasteiger partial charge < -0.3 is 9.84 Å². The third-order valence-electron chi connectivity index (χ3n) is 3.62. The van der Waals surface area contributed by atoms with E-state index in [0.717, 1.165) is 12.1 Å². The molecule has 0 saturated heterocycles. The summed E-state index contributed by atoms with van der Waals surface area (Å²) in [7, 11) is 0. The Morgan fingerprint density at radius 3 is 2.41 bits per heavy atom. The fraction of sp³-hybridized carbons (Fsp3) is 0.0500. The summed E-state index contributed by atoms with van der Waals surface area (Å²) in [4.78, 5) is 4.08. The molecule has 7 heteroatoms. The monoisotopic (exact) mass is 391 g/mol. The topological polar surface area (TPSA) is 41.8 Å². The molecule has 0 spiro atoms. The van der Waals surface area contributed by atoms with Gasteiger partial charge in [-0.2, -0.15) is 13.2 Å². The quantitative estimate of drug-likeness (QED) is 0.508. The van der Waals surface area contributed by atoms with Crippen molar-refractivity contribution in [3.8, 4) is 17.2 Å². The fourth-order valence-electron chi connectivity index (χ4n) is 2.27. The maximum absolute atomic E-state index is 13.1. The standard InChI is InChI=1S/C20H13ClF3NO2/c21-16-8-4-5-13(19(16)26)12-25-17-11-14(20(22,23)24)9-10-18(17)27-15-6-2-1-3-7-15/h1-12,26H. The van der Waals surface area contributed by atoms with Crippen LogP contribution in [0.25, 0.3) is 0 Å². The Balaban J connectivity index is 2.01. The largest absolute Gasteiger partial charge is 0.506 e. The summed E-state index contributed by atoms with van der Waals surface area (Å²) >= 11 is 5.83. The van der Waals surface area contributed by atoms with Gasteiger partial charge >= 0.3 is 6.18 Å². The molecule has 0 unspecified atom stereocenters. The molecule has 0 radical (unpaired) electrons. The Morgan fingerprint density at radius 1 is 0.963 bits per heavy atom. The average Bonchev–Trinajstić information content (AvgIpc) is 2.64. The van der Waals surface area contributed by atoms with Crippen molar-refractivity contribution in [2.45, 2.75) is 6.18 Å². The van der Waals surface area contributed by atoms with E-state index in [1.165, 1.54) is 24.4 Å². The number of halogens is 4. The predicted octanol–water partition coefficient (Wildman–Crippen LogP) is 6.61. The zero-order valence-corrected chi connectivity index (χ0v) is 14.5. The van der Waals surface area contributed by atoms with Crippen LogP contribution in [-0.2, 0) is 6.18 Å². The van der Waals surface area contributed by atoms with Crippen LogP contribution < -0.4 is 4.74 Å². The van der Waals surface area contributed by atoms with Crippen LogP contribution in [-0.4, -0.2) is 11.3 Å². The Morgan fingerprint density at radius 2 is 1.70 bits per heavy atom. The Kier molecular flexibility index (Phi) is 5.37. The summed E-state index contributed by atoms with van der Waals surface area (Å²) in [6.07, 6.45) is -3.29. The summed E-state index contributed by atoms with van der Waals surface area (Å²) in [6, 6.07) is 16.3. The van der Waals surface area contributed by atoms with Gasteiger partial charge in [0.05, 0.1) is 10.6 Å². The van der Waals surface area contributed by atoms with Crippen LogP contribution in [0, 0.1) is 0 Å². The van der Waals surface area contributed by atoms with Gasteiger partial charge in [0.15, 0.2) is 5.75 Å². The number of nitrogens with zero attached hydrogens (tertiary/aromatic N) is 1. The minimum Gasteiger partial charge on any atom is -0.506 e. The van der Waals surface area contributed by atoms with E-state index in [1.54, 1.807) is 36.4 Å².